The van der Waals surface area contributed by atoms with Crippen molar-refractivity contribution < 1.29 is 14.4 Å². The molecule has 0 saturated carbocycles. The molecule has 128 valence electrons. The number of primary amides is 1. The maximum atomic E-state index is 12.5. The average molecular weight is 363 g/mol. The monoisotopic (exact) mass is 363 g/mol. The second-order valence-electron chi connectivity index (χ2n) is 5.88. The minimum Gasteiger partial charge on any atom is -0.369 e. The summed E-state index contributed by atoms with van der Waals surface area (Å²) in [6, 6.07) is 12.5. The highest BCUT2D eigenvalue weighted by Crippen LogP contribution is 2.36. The molecule has 2 aromatic carbocycles. The van der Waals surface area contributed by atoms with Crippen LogP contribution in [0.4, 0.5) is 5.13 Å². The van der Waals surface area contributed by atoms with Crippen molar-refractivity contribution >= 4 is 34.1 Å². The van der Waals surface area contributed by atoms with E-state index in [4.69, 9.17) is 5.73 Å². The Kier molecular flexibility index (Phi) is 3.85. The Hall–Kier alpha value is -3.32. The number of nitrogens with zero attached hydrogens (tertiary/aromatic N) is 1. The largest absolute Gasteiger partial charge is 0.369 e. The van der Waals surface area contributed by atoms with Gasteiger partial charge in [-0.05, 0) is 23.3 Å². The Balaban J connectivity index is 1.58. The van der Waals surface area contributed by atoms with Gasteiger partial charge in [-0.1, -0.05) is 30.3 Å². The van der Waals surface area contributed by atoms with Crippen LogP contribution in [0.2, 0.25) is 0 Å². The van der Waals surface area contributed by atoms with Crippen LogP contribution in [0.25, 0.3) is 11.1 Å². The van der Waals surface area contributed by atoms with Crippen LogP contribution in [0, 0.1) is 0 Å². The summed E-state index contributed by atoms with van der Waals surface area (Å²) in [7, 11) is 0. The molecule has 1 heterocycles. The molecule has 6 nitrogen and oxygen atoms in total. The van der Waals surface area contributed by atoms with Crippen molar-refractivity contribution in [2.75, 3.05) is 5.32 Å². The van der Waals surface area contributed by atoms with Crippen LogP contribution >= 0.6 is 11.3 Å². The number of hydrogen-bond donors (Lipinski definition) is 2. The van der Waals surface area contributed by atoms with Gasteiger partial charge in [0.05, 0.1) is 12.1 Å². The van der Waals surface area contributed by atoms with E-state index >= 15 is 0 Å². The lowest BCUT2D eigenvalue weighted by Gasteiger charge is -2.04. The van der Waals surface area contributed by atoms with E-state index in [1.807, 2.05) is 18.2 Å². The summed E-state index contributed by atoms with van der Waals surface area (Å²) in [6.45, 7) is 0. The number of amides is 2. The SMILES string of the molecule is NC(=O)Cc1csc(NC(=O)c2ccc3c(c2)C(=O)c2ccccc2-3)n1. The summed E-state index contributed by atoms with van der Waals surface area (Å²) in [6.07, 6.45) is 0.0258. The van der Waals surface area contributed by atoms with Crippen LogP contribution in [0.5, 0.6) is 0 Å². The maximum Gasteiger partial charge on any atom is 0.257 e. The Morgan fingerprint density at radius 1 is 1.04 bits per heavy atom. The van der Waals surface area contributed by atoms with Gasteiger partial charge in [-0.3, -0.25) is 19.7 Å². The lowest BCUT2D eigenvalue weighted by Crippen LogP contribution is -2.15. The van der Waals surface area contributed by atoms with E-state index in [2.05, 4.69) is 10.3 Å². The Labute approximate surface area is 152 Å². The molecule has 0 radical (unpaired) electrons. The molecule has 0 saturated heterocycles. The second-order valence-corrected chi connectivity index (χ2v) is 6.73. The van der Waals surface area contributed by atoms with E-state index in [0.29, 0.717) is 27.5 Å². The van der Waals surface area contributed by atoms with Crippen LogP contribution in [-0.4, -0.2) is 22.6 Å². The number of rotatable bonds is 4. The normalized spacial score (nSPS) is 11.8. The van der Waals surface area contributed by atoms with Crippen molar-refractivity contribution in [2.24, 2.45) is 5.73 Å². The third-order valence-corrected chi connectivity index (χ3v) is 4.92. The summed E-state index contributed by atoms with van der Waals surface area (Å²) in [5.41, 5.74) is 8.91. The molecule has 1 aliphatic carbocycles. The number of anilines is 1. The van der Waals surface area contributed by atoms with Gasteiger partial charge in [0, 0.05) is 22.1 Å². The number of fused-ring (bicyclic) bond motifs is 3. The van der Waals surface area contributed by atoms with Gasteiger partial charge in [0.15, 0.2) is 10.9 Å². The van der Waals surface area contributed by atoms with Gasteiger partial charge in [0.1, 0.15) is 0 Å². The maximum absolute atomic E-state index is 12.5. The van der Waals surface area contributed by atoms with Crippen molar-refractivity contribution in [1.82, 2.24) is 4.98 Å². The van der Waals surface area contributed by atoms with Crippen molar-refractivity contribution in [3.63, 3.8) is 0 Å². The molecule has 2 amide bonds. The number of ketones is 1. The summed E-state index contributed by atoms with van der Waals surface area (Å²) in [5, 5.41) is 4.73. The minimum atomic E-state index is -0.482. The average Bonchev–Trinajstić information content (AvgIpc) is 3.17. The number of carbonyl (C=O) groups excluding carboxylic acids is 3. The number of nitrogens with one attached hydrogen (secondary N) is 1. The summed E-state index contributed by atoms with van der Waals surface area (Å²) >= 11 is 1.21. The van der Waals surface area contributed by atoms with E-state index in [9.17, 15) is 14.4 Å². The number of hydrogen-bond acceptors (Lipinski definition) is 5. The first-order valence-corrected chi connectivity index (χ1v) is 8.73. The Morgan fingerprint density at radius 2 is 1.77 bits per heavy atom. The highest BCUT2D eigenvalue weighted by Gasteiger charge is 2.27. The fourth-order valence-corrected chi connectivity index (χ4v) is 3.67. The van der Waals surface area contributed by atoms with Gasteiger partial charge in [0.2, 0.25) is 5.91 Å². The molecular weight excluding hydrogens is 350 g/mol. The standard InChI is InChI=1S/C19H13N3O3S/c20-16(23)8-11-9-26-19(21-11)22-18(25)10-5-6-13-12-3-1-2-4-14(12)17(24)15(13)7-10/h1-7,9H,8H2,(H2,20,23)(H,21,22,25). The second kappa shape index (κ2) is 6.20. The lowest BCUT2D eigenvalue weighted by molar-refractivity contribution is -0.117. The van der Waals surface area contributed by atoms with Crippen molar-refractivity contribution in [1.29, 1.82) is 0 Å². The molecule has 3 N–H and O–H groups in total. The van der Waals surface area contributed by atoms with Crippen LogP contribution in [0.15, 0.2) is 47.8 Å². The lowest BCUT2D eigenvalue weighted by atomic mass is 10.0. The van der Waals surface area contributed by atoms with E-state index in [1.165, 1.54) is 11.3 Å². The fourth-order valence-electron chi connectivity index (χ4n) is 2.96. The zero-order chi connectivity index (χ0) is 18.3. The zero-order valence-electron chi connectivity index (χ0n) is 13.5. The first kappa shape index (κ1) is 16.2. The molecule has 1 aliphatic rings. The molecule has 3 aromatic rings. The summed E-state index contributed by atoms with van der Waals surface area (Å²) in [4.78, 5) is 40.1. The molecule has 0 aliphatic heterocycles. The van der Waals surface area contributed by atoms with Gasteiger partial charge in [-0.2, -0.15) is 0 Å². The first-order chi connectivity index (χ1) is 12.5. The predicted molar refractivity (Wildman–Crippen MR) is 98.3 cm³/mol. The van der Waals surface area contributed by atoms with E-state index in [-0.39, 0.29) is 18.1 Å². The third kappa shape index (κ3) is 2.78. The van der Waals surface area contributed by atoms with Crippen LogP contribution < -0.4 is 11.1 Å². The number of carbonyl (C=O) groups is 3. The molecule has 0 spiro atoms. The molecule has 0 atom stereocenters. The molecule has 4 rings (SSSR count). The molecule has 7 heteroatoms. The minimum absolute atomic E-state index is 0.0258. The Bertz CT molecular complexity index is 1070. The number of nitrogens with two attached hydrogens (primary N) is 1. The highest BCUT2D eigenvalue weighted by atomic mass is 32.1. The summed E-state index contributed by atoms with van der Waals surface area (Å²) < 4.78 is 0. The van der Waals surface area contributed by atoms with E-state index < -0.39 is 5.91 Å². The number of thiazole rings is 1. The zero-order valence-corrected chi connectivity index (χ0v) is 14.3. The topological polar surface area (TPSA) is 102 Å². The van der Waals surface area contributed by atoms with Crippen molar-refractivity contribution in [3.8, 4) is 11.1 Å². The molecule has 0 unspecified atom stereocenters. The molecular formula is C19H13N3O3S. The predicted octanol–water partition coefficient (Wildman–Crippen LogP) is 2.63. The van der Waals surface area contributed by atoms with Gasteiger partial charge in [-0.25, -0.2) is 4.98 Å². The summed E-state index contributed by atoms with van der Waals surface area (Å²) in [5.74, 6) is -0.926. The fraction of sp³-hybridized carbons (Fsp3) is 0.0526. The first-order valence-electron chi connectivity index (χ1n) is 7.85. The molecule has 26 heavy (non-hydrogen) atoms. The van der Waals surface area contributed by atoms with Crippen molar-refractivity contribution in [2.45, 2.75) is 6.42 Å². The smallest absolute Gasteiger partial charge is 0.257 e. The number of benzene rings is 2. The quantitative estimate of drug-likeness (QED) is 0.582. The van der Waals surface area contributed by atoms with Gasteiger partial charge < -0.3 is 5.73 Å². The van der Waals surface area contributed by atoms with Gasteiger partial charge in [0.25, 0.3) is 5.91 Å². The van der Waals surface area contributed by atoms with Crippen molar-refractivity contribution in [3.05, 3.63) is 70.2 Å². The van der Waals surface area contributed by atoms with E-state index in [1.54, 1.807) is 29.6 Å². The molecule has 0 fully saturated rings. The third-order valence-electron chi connectivity index (χ3n) is 4.12. The van der Waals surface area contributed by atoms with E-state index in [0.717, 1.165) is 11.1 Å². The van der Waals surface area contributed by atoms with Crippen LogP contribution in [0.1, 0.15) is 32.0 Å². The molecule has 1 aromatic heterocycles. The highest BCUT2D eigenvalue weighted by molar-refractivity contribution is 7.14. The van der Waals surface area contributed by atoms with Crippen LogP contribution in [0.3, 0.4) is 0 Å². The van der Waals surface area contributed by atoms with Gasteiger partial charge >= 0.3 is 0 Å². The number of aromatic nitrogens is 1. The molecule has 0 bridgehead atoms. The van der Waals surface area contributed by atoms with Gasteiger partial charge in [-0.15, -0.1) is 11.3 Å². The Morgan fingerprint density at radius 3 is 2.54 bits per heavy atom. The van der Waals surface area contributed by atoms with Crippen LogP contribution in [-0.2, 0) is 11.2 Å².